The molecule has 0 aromatic heterocycles. The fourth-order valence-corrected chi connectivity index (χ4v) is 2.07. The Morgan fingerprint density at radius 3 is 3.00 bits per heavy atom. The highest BCUT2D eigenvalue weighted by Crippen LogP contribution is 2.27. The van der Waals surface area contributed by atoms with Crippen LogP contribution in [0.5, 0.6) is 5.75 Å². The lowest BCUT2D eigenvalue weighted by molar-refractivity contribution is -0.137. The monoisotopic (exact) mass is 235 g/mol. The van der Waals surface area contributed by atoms with Crippen LogP contribution in [0.15, 0.2) is 18.2 Å². The minimum absolute atomic E-state index is 0.0801. The molecule has 0 aliphatic carbocycles. The van der Waals surface area contributed by atoms with Crippen molar-refractivity contribution in [3.8, 4) is 5.75 Å². The topological polar surface area (TPSA) is 75.6 Å². The molecule has 5 heteroatoms. The van der Waals surface area contributed by atoms with Crippen LogP contribution >= 0.6 is 0 Å². The predicted molar refractivity (Wildman–Crippen MR) is 60.2 cm³/mol. The van der Waals surface area contributed by atoms with E-state index in [2.05, 4.69) is 5.32 Å². The summed E-state index contributed by atoms with van der Waals surface area (Å²) in [6.45, 7) is 0. The van der Waals surface area contributed by atoms with Gasteiger partial charge in [-0.25, -0.2) is 0 Å². The minimum Gasteiger partial charge on any atom is -0.496 e. The van der Waals surface area contributed by atoms with Crippen LogP contribution in [0.4, 0.5) is 0 Å². The van der Waals surface area contributed by atoms with Crippen molar-refractivity contribution in [2.24, 2.45) is 0 Å². The van der Waals surface area contributed by atoms with Gasteiger partial charge in [-0.3, -0.25) is 9.59 Å². The van der Waals surface area contributed by atoms with Gasteiger partial charge in [-0.05, 0) is 18.6 Å². The maximum Gasteiger partial charge on any atom is 0.305 e. The van der Waals surface area contributed by atoms with Crippen LogP contribution in [0.2, 0.25) is 0 Å². The fourth-order valence-electron chi connectivity index (χ4n) is 2.07. The Bertz CT molecular complexity index is 470. The van der Waals surface area contributed by atoms with Crippen molar-refractivity contribution in [3.05, 3.63) is 29.3 Å². The van der Waals surface area contributed by atoms with E-state index in [0.717, 1.165) is 5.56 Å². The molecule has 5 nitrogen and oxygen atoms in total. The van der Waals surface area contributed by atoms with E-state index in [4.69, 9.17) is 9.84 Å². The highest BCUT2D eigenvalue weighted by molar-refractivity contribution is 5.98. The molecule has 0 saturated carbocycles. The molecule has 1 unspecified atom stereocenters. The fraction of sp³-hybridized carbons (Fsp3) is 0.333. The Morgan fingerprint density at radius 2 is 2.35 bits per heavy atom. The number of ether oxygens (including phenoxy) is 1. The number of fused-ring (bicyclic) bond motifs is 1. The molecule has 0 saturated heterocycles. The van der Waals surface area contributed by atoms with Crippen molar-refractivity contribution in [1.29, 1.82) is 0 Å². The maximum atomic E-state index is 11.8. The van der Waals surface area contributed by atoms with Crippen LogP contribution < -0.4 is 10.1 Å². The molecule has 1 aliphatic rings. The van der Waals surface area contributed by atoms with Gasteiger partial charge in [0.15, 0.2) is 0 Å². The van der Waals surface area contributed by atoms with Crippen molar-refractivity contribution in [3.63, 3.8) is 0 Å². The summed E-state index contributed by atoms with van der Waals surface area (Å²) >= 11 is 0. The highest BCUT2D eigenvalue weighted by atomic mass is 16.5. The molecule has 1 aromatic rings. The average Bonchev–Trinajstić information content (AvgIpc) is 2.27. The van der Waals surface area contributed by atoms with Gasteiger partial charge in [0, 0.05) is 17.2 Å². The summed E-state index contributed by atoms with van der Waals surface area (Å²) in [5, 5.41) is 11.4. The molecule has 2 N–H and O–H groups in total. The van der Waals surface area contributed by atoms with Gasteiger partial charge in [-0.1, -0.05) is 6.07 Å². The van der Waals surface area contributed by atoms with Crippen LogP contribution in [-0.2, 0) is 11.2 Å². The van der Waals surface area contributed by atoms with Crippen LogP contribution in [0.3, 0.4) is 0 Å². The largest absolute Gasteiger partial charge is 0.496 e. The Hall–Kier alpha value is -2.04. The Labute approximate surface area is 98.4 Å². The van der Waals surface area contributed by atoms with Crippen molar-refractivity contribution in [2.45, 2.75) is 18.9 Å². The zero-order chi connectivity index (χ0) is 12.4. The lowest BCUT2D eigenvalue weighted by atomic mass is 9.93. The molecule has 1 atom stereocenters. The van der Waals surface area contributed by atoms with Crippen molar-refractivity contribution >= 4 is 11.9 Å². The number of benzene rings is 1. The second-order valence-electron chi connectivity index (χ2n) is 3.96. The van der Waals surface area contributed by atoms with Gasteiger partial charge in [0.1, 0.15) is 5.75 Å². The molecule has 90 valence electrons. The molecule has 1 amide bonds. The summed E-state index contributed by atoms with van der Waals surface area (Å²) in [5.74, 6) is -0.530. The number of carbonyl (C=O) groups is 2. The van der Waals surface area contributed by atoms with Gasteiger partial charge in [-0.2, -0.15) is 0 Å². The molecule has 0 radical (unpaired) electrons. The second kappa shape index (κ2) is 4.45. The molecule has 17 heavy (non-hydrogen) atoms. The minimum atomic E-state index is -0.923. The van der Waals surface area contributed by atoms with Crippen molar-refractivity contribution in [2.75, 3.05) is 7.11 Å². The summed E-state index contributed by atoms with van der Waals surface area (Å²) in [7, 11) is 1.54. The first-order valence-corrected chi connectivity index (χ1v) is 5.30. The molecule has 1 aromatic carbocycles. The molecule has 0 spiro atoms. The SMILES string of the molecule is COc1cccc2c1CC(CC(=O)O)NC2=O. The van der Waals surface area contributed by atoms with E-state index >= 15 is 0 Å². The number of rotatable bonds is 3. The quantitative estimate of drug-likeness (QED) is 0.813. The molecule has 1 heterocycles. The highest BCUT2D eigenvalue weighted by Gasteiger charge is 2.27. The first-order valence-electron chi connectivity index (χ1n) is 5.30. The number of hydrogen-bond donors (Lipinski definition) is 2. The smallest absolute Gasteiger partial charge is 0.305 e. The Morgan fingerprint density at radius 1 is 1.59 bits per heavy atom. The third kappa shape index (κ3) is 2.22. The number of carbonyl (C=O) groups excluding carboxylic acids is 1. The third-order valence-electron chi connectivity index (χ3n) is 2.80. The molecule has 1 aliphatic heterocycles. The van der Waals surface area contributed by atoms with E-state index in [1.807, 2.05) is 0 Å². The molecule has 0 fully saturated rings. The molecule has 2 rings (SSSR count). The van der Waals surface area contributed by atoms with Gasteiger partial charge in [0.25, 0.3) is 5.91 Å². The number of carboxylic acid groups (broad SMARTS) is 1. The van der Waals surface area contributed by atoms with Gasteiger partial charge >= 0.3 is 5.97 Å². The normalized spacial score (nSPS) is 18.2. The van der Waals surface area contributed by atoms with Crippen LogP contribution in [0.25, 0.3) is 0 Å². The van der Waals surface area contributed by atoms with Crippen LogP contribution in [0, 0.1) is 0 Å². The van der Waals surface area contributed by atoms with Crippen molar-refractivity contribution < 1.29 is 19.4 Å². The van der Waals surface area contributed by atoms with Gasteiger partial charge < -0.3 is 15.2 Å². The van der Waals surface area contributed by atoms with E-state index in [-0.39, 0.29) is 18.4 Å². The van der Waals surface area contributed by atoms with E-state index in [0.29, 0.717) is 17.7 Å². The standard InChI is InChI=1S/C12H13NO4/c1-17-10-4-2-3-8-9(10)5-7(6-11(14)15)13-12(8)16/h2-4,7H,5-6H2,1H3,(H,13,16)(H,14,15). The summed E-state index contributed by atoms with van der Waals surface area (Å²) in [6.07, 6.45) is 0.403. The summed E-state index contributed by atoms with van der Waals surface area (Å²) < 4.78 is 5.19. The number of aliphatic carboxylic acids is 1. The number of hydrogen-bond acceptors (Lipinski definition) is 3. The number of methoxy groups -OCH3 is 1. The molecule has 0 bridgehead atoms. The lowest BCUT2D eigenvalue weighted by Crippen LogP contribution is -2.42. The van der Waals surface area contributed by atoms with E-state index in [1.54, 1.807) is 18.2 Å². The average molecular weight is 235 g/mol. The number of amides is 1. The Kier molecular flexibility index (Phi) is 2.99. The first-order chi connectivity index (χ1) is 8.11. The van der Waals surface area contributed by atoms with Gasteiger partial charge in [-0.15, -0.1) is 0 Å². The lowest BCUT2D eigenvalue weighted by Gasteiger charge is -2.25. The van der Waals surface area contributed by atoms with E-state index in [1.165, 1.54) is 7.11 Å². The van der Waals surface area contributed by atoms with E-state index < -0.39 is 5.97 Å². The summed E-state index contributed by atoms with van der Waals surface area (Å²) in [6, 6.07) is 4.86. The maximum absolute atomic E-state index is 11.8. The summed E-state index contributed by atoms with van der Waals surface area (Å²) in [5.41, 5.74) is 1.34. The number of nitrogens with one attached hydrogen (secondary N) is 1. The Balaban J connectivity index is 2.33. The van der Waals surface area contributed by atoms with Crippen LogP contribution in [0.1, 0.15) is 22.3 Å². The van der Waals surface area contributed by atoms with Crippen LogP contribution in [-0.4, -0.2) is 30.1 Å². The first kappa shape index (κ1) is 11.4. The number of carboxylic acids is 1. The van der Waals surface area contributed by atoms with Gasteiger partial charge in [0.2, 0.25) is 0 Å². The second-order valence-corrected chi connectivity index (χ2v) is 3.96. The zero-order valence-corrected chi connectivity index (χ0v) is 9.40. The van der Waals surface area contributed by atoms with E-state index in [9.17, 15) is 9.59 Å². The zero-order valence-electron chi connectivity index (χ0n) is 9.40. The van der Waals surface area contributed by atoms with Crippen molar-refractivity contribution in [1.82, 2.24) is 5.32 Å². The molecular weight excluding hydrogens is 222 g/mol. The molecular formula is C12H13NO4. The summed E-state index contributed by atoms with van der Waals surface area (Å²) in [4.78, 5) is 22.4. The third-order valence-corrected chi connectivity index (χ3v) is 2.80. The van der Waals surface area contributed by atoms with Gasteiger partial charge in [0.05, 0.1) is 13.5 Å². The predicted octanol–water partition coefficient (Wildman–Crippen LogP) is 0.824.